The number of fused-ring (bicyclic) bond motifs is 1. The number of carbonyl (C=O) groups excluding carboxylic acids is 1. The van der Waals surface area contributed by atoms with E-state index in [1.54, 1.807) is 36.4 Å². The van der Waals surface area contributed by atoms with Gasteiger partial charge < -0.3 is 4.74 Å². The maximum atomic E-state index is 12.8. The number of anilines is 2. The van der Waals surface area contributed by atoms with E-state index in [1.807, 2.05) is 6.07 Å². The molecule has 2 aliphatic rings. The minimum absolute atomic E-state index is 0.268. The molecule has 0 bridgehead atoms. The van der Waals surface area contributed by atoms with Crippen molar-refractivity contribution in [2.24, 2.45) is 0 Å². The molecule has 1 N–H and O–H groups in total. The van der Waals surface area contributed by atoms with Crippen molar-refractivity contribution in [3.63, 3.8) is 0 Å². The zero-order chi connectivity index (χ0) is 18.1. The number of sulfonamides is 1. The Labute approximate surface area is 152 Å². The zero-order valence-electron chi connectivity index (χ0n) is 14.3. The second kappa shape index (κ2) is 6.64. The molecule has 7 heteroatoms. The normalized spacial score (nSPS) is 16.9. The van der Waals surface area contributed by atoms with Gasteiger partial charge in [0.1, 0.15) is 6.61 Å². The quantitative estimate of drug-likeness (QED) is 0.893. The van der Waals surface area contributed by atoms with Crippen LogP contribution in [-0.4, -0.2) is 27.7 Å². The first-order chi connectivity index (χ1) is 12.5. The number of amides is 1. The molecule has 0 atom stereocenters. The van der Waals surface area contributed by atoms with Gasteiger partial charge in [0.15, 0.2) is 0 Å². The van der Waals surface area contributed by atoms with Crippen LogP contribution in [0.3, 0.4) is 0 Å². The number of carbonyl (C=O) groups is 1. The number of ether oxygens (including phenoxy) is 1. The van der Waals surface area contributed by atoms with Crippen LogP contribution in [0, 0.1) is 0 Å². The summed E-state index contributed by atoms with van der Waals surface area (Å²) in [5.41, 5.74) is 3.38. The number of benzene rings is 2. The third-order valence-corrected chi connectivity index (χ3v) is 6.18. The van der Waals surface area contributed by atoms with Crippen LogP contribution in [-0.2, 0) is 27.6 Å². The molecule has 2 aromatic carbocycles. The number of hydrogen-bond acceptors (Lipinski definition) is 4. The van der Waals surface area contributed by atoms with Crippen molar-refractivity contribution in [2.75, 3.05) is 22.8 Å². The Bertz CT molecular complexity index is 956. The Morgan fingerprint density at radius 3 is 2.58 bits per heavy atom. The largest absolute Gasteiger partial charge is 0.447 e. The number of nitrogens with one attached hydrogen (secondary N) is 1. The van der Waals surface area contributed by atoms with E-state index in [9.17, 15) is 13.2 Å². The standard InChI is InChI=1S/C19H20N2O4S/c22-19-21(10-11-25-19)17-7-3-6-16(13-17)20-26(23,24)18-9-8-14-4-1-2-5-15(14)12-18/h3,6-9,12-13,20H,1-2,4-5,10-11H2. The average molecular weight is 372 g/mol. The lowest BCUT2D eigenvalue weighted by Gasteiger charge is -2.17. The topological polar surface area (TPSA) is 75.7 Å². The molecule has 6 nitrogen and oxygen atoms in total. The molecule has 1 aliphatic carbocycles. The minimum Gasteiger partial charge on any atom is -0.447 e. The molecule has 0 saturated carbocycles. The summed E-state index contributed by atoms with van der Waals surface area (Å²) in [6, 6.07) is 12.1. The molecule has 0 radical (unpaired) electrons. The molecule has 4 rings (SSSR count). The molecule has 1 amide bonds. The van der Waals surface area contributed by atoms with Crippen molar-refractivity contribution in [1.29, 1.82) is 0 Å². The summed E-state index contributed by atoms with van der Waals surface area (Å²) in [5, 5.41) is 0. The minimum atomic E-state index is -3.69. The zero-order valence-corrected chi connectivity index (χ0v) is 15.1. The van der Waals surface area contributed by atoms with Crippen LogP contribution in [0.5, 0.6) is 0 Å². The predicted molar refractivity (Wildman–Crippen MR) is 99.0 cm³/mol. The Morgan fingerprint density at radius 1 is 1.00 bits per heavy atom. The molecular weight excluding hydrogens is 352 g/mol. The Morgan fingerprint density at radius 2 is 1.81 bits per heavy atom. The lowest BCUT2D eigenvalue weighted by atomic mass is 9.92. The summed E-state index contributed by atoms with van der Waals surface area (Å²) in [7, 11) is -3.69. The fourth-order valence-electron chi connectivity index (χ4n) is 3.46. The van der Waals surface area contributed by atoms with Gasteiger partial charge in [-0.25, -0.2) is 13.2 Å². The van der Waals surface area contributed by atoms with Gasteiger partial charge in [0.2, 0.25) is 0 Å². The molecule has 1 heterocycles. The maximum absolute atomic E-state index is 12.8. The van der Waals surface area contributed by atoms with Gasteiger partial charge in [-0.3, -0.25) is 9.62 Å². The Hall–Kier alpha value is -2.54. The summed E-state index contributed by atoms with van der Waals surface area (Å²) >= 11 is 0. The van der Waals surface area contributed by atoms with E-state index in [2.05, 4.69) is 4.72 Å². The lowest BCUT2D eigenvalue weighted by molar-refractivity contribution is 0.181. The first kappa shape index (κ1) is 16.9. The highest BCUT2D eigenvalue weighted by Gasteiger charge is 2.24. The van der Waals surface area contributed by atoms with Gasteiger partial charge >= 0.3 is 6.09 Å². The average Bonchev–Trinajstić information content (AvgIpc) is 3.07. The first-order valence-corrected chi connectivity index (χ1v) is 10.2. The highest BCUT2D eigenvalue weighted by atomic mass is 32.2. The third-order valence-electron chi connectivity index (χ3n) is 4.80. The predicted octanol–water partition coefficient (Wildman–Crippen LogP) is 3.32. The molecule has 0 unspecified atom stereocenters. The summed E-state index contributed by atoms with van der Waals surface area (Å²) in [4.78, 5) is 13.4. The van der Waals surface area contributed by atoms with Crippen molar-refractivity contribution in [3.8, 4) is 0 Å². The van der Waals surface area contributed by atoms with E-state index < -0.39 is 16.1 Å². The van der Waals surface area contributed by atoms with Gasteiger partial charge in [0, 0.05) is 5.69 Å². The summed E-state index contributed by atoms with van der Waals surface area (Å²) in [5.74, 6) is 0. The monoisotopic (exact) mass is 372 g/mol. The van der Waals surface area contributed by atoms with Gasteiger partial charge in [-0.05, 0) is 67.1 Å². The number of cyclic esters (lactones) is 1. The second-order valence-electron chi connectivity index (χ2n) is 6.56. The van der Waals surface area contributed by atoms with Crippen molar-refractivity contribution in [3.05, 3.63) is 53.6 Å². The molecule has 1 saturated heterocycles. The third kappa shape index (κ3) is 3.26. The van der Waals surface area contributed by atoms with E-state index in [0.29, 0.717) is 24.5 Å². The van der Waals surface area contributed by atoms with Gasteiger partial charge in [-0.15, -0.1) is 0 Å². The first-order valence-electron chi connectivity index (χ1n) is 8.72. The molecule has 26 heavy (non-hydrogen) atoms. The fourth-order valence-corrected chi connectivity index (χ4v) is 4.56. The molecule has 1 fully saturated rings. The van der Waals surface area contributed by atoms with Crippen molar-refractivity contribution >= 4 is 27.5 Å². The molecule has 0 aromatic heterocycles. The number of rotatable bonds is 4. The highest BCUT2D eigenvalue weighted by Crippen LogP contribution is 2.27. The van der Waals surface area contributed by atoms with Crippen LogP contribution < -0.4 is 9.62 Å². The second-order valence-corrected chi connectivity index (χ2v) is 8.24. The van der Waals surface area contributed by atoms with Gasteiger partial charge in [0.05, 0.1) is 17.1 Å². The van der Waals surface area contributed by atoms with E-state index in [4.69, 9.17) is 4.74 Å². The van der Waals surface area contributed by atoms with E-state index in [1.165, 1.54) is 10.5 Å². The van der Waals surface area contributed by atoms with Crippen LogP contribution in [0.25, 0.3) is 0 Å². The van der Waals surface area contributed by atoms with Crippen molar-refractivity contribution < 1.29 is 17.9 Å². The van der Waals surface area contributed by atoms with Gasteiger partial charge in [-0.2, -0.15) is 0 Å². The van der Waals surface area contributed by atoms with Gasteiger partial charge in [0.25, 0.3) is 10.0 Å². The Kier molecular flexibility index (Phi) is 4.32. The fraction of sp³-hybridized carbons (Fsp3) is 0.316. The summed E-state index contributed by atoms with van der Waals surface area (Å²) in [6.07, 6.45) is 3.77. The van der Waals surface area contributed by atoms with Crippen LogP contribution in [0.15, 0.2) is 47.4 Å². The van der Waals surface area contributed by atoms with Crippen LogP contribution >= 0.6 is 0 Å². The van der Waals surface area contributed by atoms with Crippen LogP contribution in [0.4, 0.5) is 16.2 Å². The molecule has 0 spiro atoms. The molecule has 2 aromatic rings. The SMILES string of the molecule is O=C1OCCN1c1cccc(NS(=O)(=O)c2ccc3c(c2)CCCC3)c1. The number of aryl methyl sites for hydroxylation is 2. The van der Waals surface area contributed by atoms with E-state index >= 15 is 0 Å². The lowest BCUT2D eigenvalue weighted by Crippen LogP contribution is -2.23. The summed E-state index contributed by atoms with van der Waals surface area (Å²) in [6.45, 7) is 0.795. The number of nitrogens with zero attached hydrogens (tertiary/aromatic N) is 1. The van der Waals surface area contributed by atoms with E-state index in [0.717, 1.165) is 31.2 Å². The van der Waals surface area contributed by atoms with Crippen LogP contribution in [0.2, 0.25) is 0 Å². The maximum Gasteiger partial charge on any atom is 0.414 e. The molecular formula is C19H20N2O4S. The smallest absolute Gasteiger partial charge is 0.414 e. The molecule has 136 valence electrons. The van der Waals surface area contributed by atoms with E-state index in [-0.39, 0.29) is 4.90 Å². The van der Waals surface area contributed by atoms with Crippen LogP contribution in [0.1, 0.15) is 24.0 Å². The van der Waals surface area contributed by atoms with Crippen molar-refractivity contribution in [2.45, 2.75) is 30.6 Å². The van der Waals surface area contributed by atoms with Gasteiger partial charge in [-0.1, -0.05) is 12.1 Å². The van der Waals surface area contributed by atoms with Crippen molar-refractivity contribution in [1.82, 2.24) is 0 Å². The molecule has 1 aliphatic heterocycles. The Balaban J connectivity index is 1.59. The number of hydrogen-bond donors (Lipinski definition) is 1. The highest BCUT2D eigenvalue weighted by molar-refractivity contribution is 7.92. The summed E-state index contributed by atoms with van der Waals surface area (Å²) < 4.78 is 33.1.